The average Bonchev–Trinajstić information content (AvgIpc) is 2.48. The highest BCUT2D eigenvalue weighted by molar-refractivity contribution is 5.80. The van der Waals surface area contributed by atoms with Crippen LogP contribution in [-0.4, -0.2) is 31.3 Å². The van der Waals surface area contributed by atoms with E-state index in [4.69, 9.17) is 9.47 Å². The molecular formula is C16H21F2NO3. The number of hydrogen-bond acceptors (Lipinski definition) is 3. The maximum absolute atomic E-state index is 13.1. The molecule has 122 valence electrons. The number of carbonyl (C=O) groups is 1. The molecule has 0 aromatic heterocycles. The van der Waals surface area contributed by atoms with Gasteiger partial charge in [-0.3, -0.25) is 4.79 Å². The molecule has 0 bridgehead atoms. The minimum Gasteiger partial charge on any atom is -0.481 e. The van der Waals surface area contributed by atoms with Crippen LogP contribution in [0.3, 0.4) is 0 Å². The van der Waals surface area contributed by atoms with Crippen LogP contribution in [0.1, 0.15) is 26.7 Å². The Morgan fingerprint density at radius 1 is 1.45 bits per heavy atom. The summed E-state index contributed by atoms with van der Waals surface area (Å²) >= 11 is 0. The van der Waals surface area contributed by atoms with Crippen LogP contribution in [0.4, 0.5) is 8.78 Å². The monoisotopic (exact) mass is 313 g/mol. The topological polar surface area (TPSA) is 47.6 Å². The van der Waals surface area contributed by atoms with Gasteiger partial charge in [-0.25, -0.2) is 8.78 Å². The van der Waals surface area contributed by atoms with E-state index in [0.29, 0.717) is 19.1 Å². The number of halogens is 2. The van der Waals surface area contributed by atoms with E-state index in [1.165, 1.54) is 6.07 Å². The summed E-state index contributed by atoms with van der Waals surface area (Å²) < 4.78 is 36.7. The van der Waals surface area contributed by atoms with Gasteiger partial charge in [-0.1, -0.05) is 0 Å². The lowest BCUT2D eigenvalue weighted by atomic mass is 9.96. The first kappa shape index (κ1) is 16.7. The fraction of sp³-hybridized carbons (Fsp3) is 0.562. The van der Waals surface area contributed by atoms with Crippen molar-refractivity contribution in [3.05, 3.63) is 29.8 Å². The molecule has 0 unspecified atom stereocenters. The summed E-state index contributed by atoms with van der Waals surface area (Å²) in [7, 11) is 0. The predicted molar refractivity (Wildman–Crippen MR) is 77.6 cm³/mol. The standard InChI is InChI=1S/C16H21F2NO3/c1-10-7-12(5-6-21-10)9-19-16(20)11(2)22-13-3-4-14(17)15(18)8-13/h3-4,8,10-12H,5-7,9H2,1-2H3,(H,19,20)/t10-,11+,12-/m1/s1. The molecule has 1 fully saturated rings. The van der Waals surface area contributed by atoms with Crippen molar-refractivity contribution in [1.29, 1.82) is 0 Å². The maximum atomic E-state index is 13.1. The Morgan fingerprint density at radius 3 is 2.91 bits per heavy atom. The number of hydrogen-bond donors (Lipinski definition) is 1. The minimum atomic E-state index is -0.999. The normalized spacial score (nSPS) is 22.9. The van der Waals surface area contributed by atoms with Crippen LogP contribution in [-0.2, 0) is 9.53 Å². The Balaban J connectivity index is 1.80. The molecule has 1 aromatic rings. The predicted octanol–water partition coefficient (Wildman–Crippen LogP) is 2.66. The van der Waals surface area contributed by atoms with Crippen molar-refractivity contribution in [1.82, 2.24) is 5.32 Å². The first-order valence-electron chi connectivity index (χ1n) is 7.46. The molecule has 22 heavy (non-hydrogen) atoms. The number of rotatable bonds is 5. The molecule has 1 N–H and O–H groups in total. The molecule has 0 saturated carbocycles. The van der Waals surface area contributed by atoms with Crippen molar-refractivity contribution in [2.45, 2.75) is 38.9 Å². The molecule has 1 amide bonds. The second-order valence-electron chi connectivity index (χ2n) is 5.65. The van der Waals surface area contributed by atoms with Crippen molar-refractivity contribution >= 4 is 5.91 Å². The fourth-order valence-corrected chi connectivity index (χ4v) is 2.47. The molecule has 6 heteroatoms. The summed E-state index contributed by atoms with van der Waals surface area (Å²) in [6.45, 7) is 4.87. The van der Waals surface area contributed by atoms with Gasteiger partial charge < -0.3 is 14.8 Å². The molecular weight excluding hydrogens is 292 g/mol. The fourth-order valence-electron chi connectivity index (χ4n) is 2.47. The number of ether oxygens (including phenoxy) is 2. The zero-order valence-electron chi connectivity index (χ0n) is 12.8. The second kappa shape index (κ2) is 7.54. The van der Waals surface area contributed by atoms with Crippen molar-refractivity contribution in [2.75, 3.05) is 13.2 Å². The zero-order chi connectivity index (χ0) is 16.1. The maximum Gasteiger partial charge on any atom is 0.260 e. The van der Waals surface area contributed by atoms with E-state index >= 15 is 0 Å². The summed E-state index contributed by atoms with van der Waals surface area (Å²) in [5.41, 5.74) is 0. The largest absolute Gasteiger partial charge is 0.481 e. The second-order valence-corrected chi connectivity index (χ2v) is 5.65. The van der Waals surface area contributed by atoms with Crippen LogP contribution in [0.25, 0.3) is 0 Å². The SMILES string of the molecule is C[C@@H]1C[C@H](CNC(=O)[C@H](C)Oc2ccc(F)c(F)c2)CCO1. The molecule has 2 rings (SSSR count). The van der Waals surface area contributed by atoms with Gasteiger partial charge in [0.1, 0.15) is 5.75 Å². The highest BCUT2D eigenvalue weighted by Gasteiger charge is 2.21. The summed E-state index contributed by atoms with van der Waals surface area (Å²) in [5.74, 6) is -1.70. The van der Waals surface area contributed by atoms with Crippen molar-refractivity contribution < 1.29 is 23.0 Å². The van der Waals surface area contributed by atoms with Gasteiger partial charge in [0.15, 0.2) is 17.7 Å². The summed E-state index contributed by atoms with van der Waals surface area (Å²) in [6, 6.07) is 3.19. The number of nitrogens with one attached hydrogen (secondary N) is 1. The highest BCUT2D eigenvalue weighted by Crippen LogP contribution is 2.19. The van der Waals surface area contributed by atoms with Gasteiger partial charge in [0.25, 0.3) is 5.91 Å². The van der Waals surface area contributed by atoms with Crippen molar-refractivity contribution in [3.63, 3.8) is 0 Å². The lowest BCUT2D eigenvalue weighted by molar-refractivity contribution is -0.127. The Hall–Kier alpha value is -1.69. The van der Waals surface area contributed by atoms with Gasteiger partial charge in [0.05, 0.1) is 6.10 Å². The van der Waals surface area contributed by atoms with E-state index in [-0.39, 0.29) is 17.8 Å². The summed E-state index contributed by atoms with van der Waals surface area (Å²) in [6.07, 6.45) is 1.27. The summed E-state index contributed by atoms with van der Waals surface area (Å²) in [5, 5.41) is 2.83. The lowest BCUT2D eigenvalue weighted by Crippen LogP contribution is -2.40. The first-order valence-corrected chi connectivity index (χ1v) is 7.46. The van der Waals surface area contributed by atoms with Crippen LogP contribution in [0.15, 0.2) is 18.2 Å². The molecule has 1 aromatic carbocycles. The Bertz CT molecular complexity index is 524. The third-order valence-corrected chi connectivity index (χ3v) is 3.73. The van der Waals surface area contributed by atoms with Gasteiger partial charge in [-0.15, -0.1) is 0 Å². The Morgan fingerprint density at radius 2 is 2.23 bits per heavy atom. The molecule has 0 spiro atoms. The summed E-state index contributed by atoms with van der Waals surface area (Å²) in [4.78, 5) is 12.0. The van der Waals surface area contributed by atoms with Gasteiger partial charge in [0, 0.05) is 19.2 Å². The van der Waals surface area contributed by atoms with E-state index in [1.54, 1.807) is 6.92 Å². The Labute approximate surface area is 128 Å². The quantitative estimate of drug-likeness (QED) is 0.909. The minimum absolute atomic E-state index is 0.126. The molecule has 1 aliphatic rings. The smallest absolute Gasteiger partial charge is 0.260 e. The van der Waals surface area contributed by atoms with Gasteiger partial charge in [0.2, 0.25) is 0 Å². The lowest BCUT2D eigenvalue weighted by Gasteiger charge is -2.27. The molecule has 1 aliphatic heterocycles. The molecule has 4 nitrogen and oxygen atoms in total. The first-order chi connectivity index (χ1) is 10.5. The van der Waals surface area contributed by atoms with E-state index in [1.807, 2.05) is 6.92 Å². The molecule has 1 saturated heterocycles. The van der Waals surface area contributed by atoms with Crippen LogP contribution in [0, 0.1) is 17.6 Å². The van der Waals surface area contributed by atoms with Gasteiger partial charge in [-0.2, -0.15) is 0 Å². The van der Waals surface area contributed by atoms with Gasteiger partial charge in [-0.05, 0) is 44.7 Å². The molecule has 0 aliphatic carbocycles. The van der Waals surface area contributed by atoms with Crippen molar-refractivity contribution in [3.8, 4) is 5.75 Å². The van der Waals surface area contributed by atoms with E-state index in [2.05, 4.69) is 5.32 Å². The van der Waals surface area contributed by atoms with Gasteiger partial charge >= 0.3 is 0 Å². The highest BCUT2D eigenvalue weighted by atomic mass is 19.2. The van der Waals surface area contributed by atoms with E-state index in [0.717, 1.165) is 25.0 Å². The van der Waals surface area contributed by atoms with E-state index in [9.17, 15) is 13.6 Å². The third-order valence-electron chi connectivity index (χ3n) is 3.73. The number of carbonyl (C=O) groups excluding carboxylic acids is 1. The van der Waals surface area contributed by atoms with Crippen molar-refractivity contribution in [2.24, 2.45) is 5.92 Å². The average molecular weight is 313 g/mol. The number of benzene rings is 1. The molecule has 3 atom stereocenters. The molecule has 0 radical (unpaired) electrons. The Kier molecular flexibility index (Phi) is 5.71. The number of amides is 1. The van der Waals surface area contributed by atoms with Crippen LogP contribution < -0.4 is 10.1 Å². The van der Waals surface area contributed by atoms with Crippen LogP contribution in [0.2, 0.25) is 0 Å². The van der Waals surface area contributed by atoms with E-state index < -0.39 is 17.7 Å². The molecule has 1 heterocycles. The van der Waals surface area contributed by atoms with Crippen LogP contribution >= 0.6 is 0 Å². The third kappa shape index (κ3) is 4.66. The van der Waals surface area contributed by atoms with Crippen LogP contribution in [0.5, 0.6) is 5.75 Å². The zero-order valence-corrected chi connectivity index (χ0v) is 12.8.